The highest BCUT2D eigenvalue weighted by Gasteiger charge is 2.08. The molecule has 0 aromatic heterocycles. The Morgan fingerprint density at radius 2 is 2.15 bits per heavy atom. The molecular formula is C9H11ClN2O. The van der Waals surface area contributed by atoms with E-state index in [2.05, 4.69) is 0 Å². The summed E-state index contributed by atoms with van der Waals surface area (Å²) in [6.45, 7) is 1.47. The first-order valence-electron chi connectivity index (χ1n) is 3.81. The Morgan fingerprint density at radius 1 is 1.54 bits per heavy atom. The zero-order chi connectivity index (χ0) is 10.0. The van der Waals surface area contributed by atoms with E-state index in [1.807, 2.05) is 0 Å². The lowest BCUT2D eigenvalue weighted by molar-refractivity contribution is -0.116. The maximum atomic E-state index is 11.0. The fraction of sp³-hybridized carbons (Fsp3) is 0.222. The molecule has 3 nitrogen and oxygen atoms in total. The molecule has 0 aliphatic carbocycles. The van der Waals surface area contributed by atoms with E-state index in [9.17, 15) is 4.79 Å². The van der Waals surface area contributed by atoms with Crippen LogP contribution in [0.3, 0.4) is 0 Å². The number of benzene rings is 1. The molecule has 0 fully saturated rings. The molecule has 0 saturated heterocycles. The molecule has 0 spiro atoms. The number of hydrogen-bond donors (Lipinski definition) is 1. The molecule has 0 aliphatic rings. The minimum Gasteiger partial charge on any atom is -0.397 e. The maximum absolute atomic E-state index is 11.0. The van der Waals surface area contributed by atoms with Gasteiger partial charge in [-0.05, 0) is 18.2 Å². The lowest BCUT2D eigenvalue weighted by Gasteiger charge is -2.17. The largest absolute Gasteiger partial charge is 0.397 e. The second-order valence-electron chi connectivity index (χ2n) is 2.78. The second-order valence-corrected chi connectivity index (χ2v) is 3.22. The Kier molecular flexibility index (Phi) is 2.78. The van der Waals surface area contributed by atoms with Crippen LogP contribution in [0.2, 0.25) is 5.02 Å². The molecular weight excluding hydrogens is 188 g/mol. The van der Waals surface area contributed by atoms with Gasteiger partial charge in [0.2, 0.25) is 5.91 Å². The summed E-state index contributed by atoms with van der Waals surface area (Å²) in [7, 11) is 1.66. The fourth-order valence-electron chi connectivity index (χ4n) is 0.977. The number of nitrogens with two attached hydrogens (primary N) is 1. The summed E-state index contributed by atoms with van der Waals surface area (Å²) in [6.07, 6.45) is 0. The summed E-state index contributed by atoms with van der Waals surface area (Å²) in [6, 6.07) is 5.03. The first-order valence-corrected chi connectivity index (χ1v) is 4.19. The van der Waals surface area contributed by atoms with Crippen molar-refractivity contribution in [2.75, 3.05) is 17.7 Å². The van der Waals surface area contributed by atoms with E-state index in [1.54, 1.807) is 25.2 Å². The SMILES string of the molecule is CC(=O)N(C)c1cc(Cl)ccc1N. The summed E-state index contributed by atoms with van der Waals surface area (Å²) in [4.78, 5) is 12.5. The van der Waals surface area contributed by atoms with Crippen LogP contribution in [0.1, 0.15) is 6.92 Å². The first-order chi connectivity index (χ1) is 6.02. The number of carbonyl (C=O) groups is 1. The quantitative estimate of drug-likeness (QED) is 0.701. The maximum Gasteiger partial charge on any atom is 0.223 e. The predicted octanol–water partition coefficient (Wildman–Crippen LogP) is 1.90. The van der Waals surface area contributed by atoms with Crippen molar-refractivity contribution in [3.05, 3.63) is 23.2 Å². The van der Waals surface area contributed by atoms with Gasteiger partial charge in [-0.1, -0.05) is 11.6 Å². The standard InChI is InChI=1S/C9H11ClN2O/c1-6(13)12(2)9-5-7(10)3-4-8(9)11/h3-5H,11H2,1-2H3. The fourth-order valence-corrected chi connectivity index (χ4v) is 1.14. The van der Waals surface area contributed by atoms with Crippen LogP contribution >= 0.6 is 11.6 Å². The summed E-state index contributed by atoms with van der Waals surface area (Å²) in [5, 5.41) is 0.567. The topological polar surface area (TPSA) is 46.3 Å². The average Bonchev–Trinajstić information content (AvgIpc) is 2.08. The van der Waals surface area contributed by atoms with E-state index in [1.165, 1.54) is 11.8 Å². The van der Waals surface area contributed by atoms with Gasteiger partial charge in [0.15, 0.2) is 0 Å². The van der Waals surface area contributed by atoms with E-state index in [0.717, 1.165) is 0 Å². The van der Waals surface area contributed by atoms with Crippen LogP contribution in [0.15, 0.2) is 18.2 Å². The molecule has 1 rings (SSSR count). The molecule has 1 aromatic carbocycles. The van der Waals surface area contributed by atoms with Gasteiger partial charge in [-0.2, -0.15) is 0 Å². The van der Waals surface area contributed by atoms with Crippen LogP contribution in [0.25, 0.3) is 0 Å². The molecule has 4 heteroatoms. The molecule has 0 radical (unpaired) electrons. The van der Waals surface area contributed by atoms with Gasteiger partial charge in [-0.3, -0.25) is 4.79 Å². The molecule has 0 aliphatic heterocycles. The lowest BCUT2D eigenvalue weighted by atomic mass is 10.2. The smallest absolute Gasteiger partial charge is 0.223 e. The Morgan fingerprint density at radius 3 is 2.69 bits per heavy atom. The van der Waals surface area contributed by atoms with Crippen molar-refractivity contribution in [2.24, 2.45) is 0 Å². The zero-order valence-electron chi connectivity index (χ0n) is 7.54. The van der Waals surface area contributed by atoms with Gasteiger partial charge < -0.3 is 10.6 Å². The minimum atomic E-state index is -0.0750. The molecule has 1 aromatic rings. The van der Waals surface area contributed by atoms with Crippen molar-refractivity contribution < 1.29 is 4.79 Å². The predicted molar refractivity (Wildman–Crippen MR) is 54.9 cm³/mol. The number of anilines is 2. The Balaban J connectivity index is 3.12. The van der Waals surface area contributed by atoms with E-state index < -0.39 is 0 Å². The van der Waals surface area contributed by atoms with E-state index >= 15 is 0 Å². The van der Waals surface area contributed by atoms with E-state index in [-0.39, 0.29) is 5.91 Å². The van der Waals surface area contributed by atoms with Crippen LogP contribution in [0.4, 0.5) is 11.4 Å². The van der Waals surface area contributed by atoms with Gasteiger partial charge >= 0.3 is 0 Å². The summed E-state index contributed by atoms with van der Waals surface area (Å²) in [5.41, 5.74) is 6.86. The van der Waals surface area contributed by atoms with Crippen LogP contribution in [0, 0.1) is 0 Å². The van der Waals surface area contributed by atoms with E-state index in [4.69, 9.17) is 17.3 Å². The van der Waals surface area contributed by atoms with Crippen molar-refractivity contribution in [3.63, 3.8) is 0 Å². The number of rotatable bonds is 1. The summed E-state index contributed by atoms with van der Waals surface area (Å²) in [5.74, 6) is -0.0750. The van der Waals surface area contributed by atoms with Gasteiger partial charge in [0.05, 0.1) is 11.4 Å². The van der Waals surface area contributed by atoms with Crippen molar-refractivity contribution in [2.45, 2.75) is 6.92 Å². The molecule has 0 heterocycles. The lowest BCUT2D eigenvalue weighted by Crippen LogP contribution is -2.23. The van der Waals surface area contributed by atoms with Crippen molar-refractivity contribution in [1.29, 1.82) is 0 Å². The van der Waals surface area contributed by atoms with Gasteiger partial charge in [-0.25, -0.2) is 0 Å². The molecule has 0 unspecified atom stereocenters. The van der Waals surface area contributed by atoms with Crippen LogP contribution < -0.4 is 10.6 Å². The van der Waals surface area contributed by atoms with Crippen molar-refractivity contribution >= 4 is 28.9 Å². The first kappa shape index (κ1) is 9.86. The minimum absolute atomic E-state index is 0.0750. The zero-order valence-corrected chi connectivity index (χ0v) is 8.30. The molecule has 2 N–H and O–H groups in total. The van der Waals surface area contributed by atoms with Crippen LogP contribution in [-0.4, -0.2) is 13.0 Å². The van der Waals surface area contributed by atoms with Gasteiger partial charge in [0, 0.05) is 19.0 Å². The van der Waals surface area contributed by atoms with Crippen LogP contribution in [-0.2, 0) is 4.79 Å². The van der Waals surface area contributed by atoms with E-state index in [0.29, 0.717) is 16.4 Å². The Bertz CT molecular complexity index is 338. The average molecular weight is 199 g/mol. The third-order valence-corrected chi connectivity index (χ3v) is 2.06. The number of amides is 1. The normalized spacial score (nSPS) is 9.77. The third-order valence-electron chi connectivity index (χ3n) is 1.83. The summed E-state index contributed by atoms with van der Waals surface area (Å²) < 4.78 is 0. The molecule has 70 valence electrons. The van der Waals surface area contributed by atoms with Crippen molar-refractivity contribution in [1.82, 2.24) is 0 Å². The molecule has 0 atom stereocenters. The number of halogens is 1. The highest BCUT2D eigenvalue weighted by atomic mass is 35.5. The number of hydrogen-bond acceptors (Lipinski definition) is 2. The second kappa shape index (κ2) is 3.66. The van der Waals surface area contributed by atoms with Gasteiger partial charge in [-0.15, -0.1) is 0 Å². The Hall–Kier alpha value is -1.22. The number of nitrogen functional groups attached to an aromatic ring is 1. The number of carbonyl (C=O) groups excluding carboxylic acids is 1. The Labute approximate surface area is 82.1 Å². The number of nitrogens with zero attached hydrogens (tertiary/aromatic N) is 1. The summed E-state index contributed by atoms with van der Waals surface area (Å²) >= 11 is 5.77. The monoisotopic (exact) mass is 198 g/mol. The van der Waals surface area contributed by atoms with Gasteiger partial charge in [0.1, 0.15) is 0 Å². The molecule has 0 saturated carbocycles. The van der Waals surface area contributed by atoms with Gasteiger partial charge in [0.25, 0.3) is 0 Å². The highest BCUT2D eigenvalue weighted by Crippen LogP contribution is 2.25. The van der Waals surface area contributed by atoms with Crippen LogP contribution in [0.5, 0.6) is 0 Å². The highest BCUT2D eigenvalue weighted by molar-refractivity contribution is 6.31. The van der Waals surface area contributed by atoms with Crippen molar-refractivity contribution in [3.8, 4) is 0 Å². The molecule has 1 amide bonds. The molecule has 13 heavy (non-hydrogen) atoms. The molecule has 0 bridgehead atoms. The third kappa shape index (κ3) is 2.12.